The van der Waals surface area contributed by atoms with Gasteiger partial charge in [-0.05, 0) is 99.3 Å². The second-order valence-electron chi connectivity index (χ2n) is 9.73. The summed E-state index contributed by atoms with van der Waals surface area (Å²) in [5.41, 5.74) is 0.660. The standard InChI is InChI=1S/C28H33F3O4/c1-2-34-21-11-12-24(25(29)15-21)28(33)35-20-9-7-19(8-10-20)23-14-13-22(26(30)27(23)31)18-5-3-17(16-32)4-6-18/h11-15,17-20,32H,2-10,16H2,1H3. The van der Waals surface area contributed by atoms with Gasteiger partial charge in [-0.15, -0.1) is 0 Å². The maximum absolute atomic E-state index is 15.1. The highest BCUT2D eigenvalue weighted by molar-refractivity contribution is 5.90. The van der Waals surface area contributed by atoms with Crippen LogP contribution in [0.2, 0.25) is 0 Å². The van der Waals surface area contributed by atoms with Gasteiger partial charge in [-0.25, -0.2) is 18.0 Å². The molecule has 2 aliphatic carbocycles. The normalized spacial score (nSPS) is 24.7. The number of hydrogen-bond donors (Lipinski definition) is 1. The molecule has 0 spiro atoms. The number of ether oxygens (including phenoxy) is 2. The van der Waals surface area contributed by atoms with Gasteiger partial charge >= 0.3 is 5.97 Å². The Morgan fingerprint density at radius 2 is 1.46 bits per heavy atom. The fourth-order valence-electron chi connectivity index (χ4n) is 5.49. The van der Waals surface area contributed by atoms with Crippen molar-refractivity contribution in [3.63, 3.8) is 0 Å². The highest BCUT2D eigenvalue weighted by Crippen LogP contribution is 2.41. The summed E-state index contributed by atoms with van der Waals surface area (Å²) in [6.45, 7) is 2.33. The number of aliphatic hydroxyl groups excluding tert-OH is 1. The van der Waals surface area contributed by atoms with Gasteiger partial charge in [0.05, 0.1) is 12.2 Å². The first-order valence-electron chi connectivity index (χ1n) is 12.6. The van der Waals surface area contributed by atoms with E-state index in [1.54, 1.807) is 19.1 Å². The third-order valence-electron chi connectivity index (χ3n) is 7.55. The second kappa shape index (κ2) is 11.5. The molecule has 190 valence electrons. The lowest BCUT2D eigenvalue weighted by Crippen LogP contribution is -2.25. The van der Waals surface area contributed by atoms with E-state index < -0.39 is 29.5 Å². The van der Waals surface area contributed by atoms with E-state index in [0.717, 1.165) is 31.7 Å². The number of rotatable bonds is 7. The fourth-order valence-corrected chi connectivity index (χ4v) is 5.49. The van der Waals surface area contributed by atoms with E-state index >= 15 is 4.39 Å². The molecule has 0 unspecified atom stereocenters. The van der Waals surface area contributed by atoms with Crippen molar-refractivity contribution in [1.29, 1.82) is 0 Å². The first kappa shape index (κ1) is 25.5. The van der Waals surface area contributed by atoms with Gasteiger partial charge in [0, 0.05) is 12.7 Å². The lowest BCUT2D eigenvalue weighted by atomic mass is 9.77. The predicted octanol–water partition coefficient (Wildman–Crippen LogP) is 6.65. The molecule has 2 aromatic carbocycles. The summed E-state index contributed by atoms with van der Waals surface area (Å²) in [6.07, 6.45) is 4.89. The minimum absolute atomic E-state index is 0.0144. The smallest absolute Gasteiger partial charge is 0.341 e. The fraction of sp³-hybridized carbons (Fsp3) is 0.536. The van der Waals surface area contributed by atoms with Crippen LogP contribution in [0.25, 0.3) is 0 Å². The number of benzene rings is 2. The van der Waals surface area contributed by atoms with Crippen LogP contribution in [0.1, 0.15) is 91.6 Å². The van der Waals surface area contributed by atoms with Gasteiger partial charge in [-0.1, -0.05) is 12.1 Å². The maximum atomic E-state index is 15.1. The SMILES string of the molecule is CCOc1ccc(C(=O)OC2CCC(c3ccc(C4CCC(CO)CC4)c(F)c3F)CC2)c(F)c1. The van der Waals surface area contributed by atoms with Crippen LogP contribution in [0.4, 0.5) is 13.2 Å². The van der Waals surface area contributed by atoms with Gasteiger partial charge in [-0.2, -0.15) is 0 Å². The van der Waals surface area contributed by atoms with Crippen molar-refractivity contribution in [2.24, 2.45) is 5.92 Å². The highest BCUT2D eigenvalue weighted by atomic mass is 19.2. The first-order chi connectivity index (χ1) is 16.9. The number of carbonyl (C=O) groups excluding carboxylic acids is 1. The van der Waals surface area contributed by atoms with Gasteiger partial charge in [0.1, 0.15) is 17.7 Å². The Bertz CT molecular complexity index is 1030. The van der Waals surface area contributed by atoms with Gasteiger partial charge in [0.25, 0.3) is 0 Å². The Balaban J connectivity index is 1.35. The number of halogens is 3. The van der Waals surface area contributed by atoms with Crippen LogP contribution in [-0.4, -0.2) is 30.4 Å². The molecule has 0 amide bonds. The van der Waals surface area contributed by atoms with E-state index in [1.165, 1.54) is 12.1 Å². The van der Waals surface area contributed by atoms with E-state index in [9.17, 15) is 18.7 Å². The molecular weight excluding hydrogens is 457 g/mol. The highest BCUT2D eigenvalue weighted by Gasteiger charge is 2.31. The zero-order chi connectivity index (χ0) is 24.9. The van der Waals surface area contributed by atoms with Crippen molar-refractivity contribution in [1.82, 2.24) is 0 Å². The molecule has 0 aromatic heterocycles. The molecule has 0 atom stereocenters. The minimum Gasteiger partial charge on any atom is -0.494 e. The molecule has 0 bridgehead atoms. The van der Waals surface area contributed by atoms with Crippen LogP contribution in [-0.2, 0) is 4.74 Å². The Labute approximate surface area is 204 Å². The summed E-state index contributed by atoms with van der Waals surface area (Å²) in [5.74, 6) is -2.52. The molecule has 2 aliphatic rings. The number of carbonyl (C=O) groups is 1. The van der Waals surface area contributed by atoms with Gasteiger partial charge < -0.3 is 14.6 Å². The van der Waals surface area contributed by atoms with E-state index in [-0.39, 0.29) is 29.9 Å². The lowest BCUT2D eigenvalue weighted by molar-refractivity contribution is 0.0189. The molecule has 2 fully saturated rings. The second-order valence-corrected chi connectivity index (χ2v) is 9.73. The van der Waals surface area contributed by atoms with Crippen LogP contribution in [0.3, 0.4) is 0 Å². The van der Waals surface area contributed by atoms with Gasteiger partial charge in [0.15, 0.2) is 11.6 Å². The lowest BCUT2D eigenvalue weighted by Gasteiger charge is -2.30. The zero-order valence-electron chi connectivity index (χ0n) is 20.1. The monoisotopic (exact) mass is 490 g/mol. The summed E-state index contributed by atoms with van der Waals surface area (Å²) >= 11 is 0. The molecule has 4 nitrogen and oxygen atoms in total. The van der Waals surface area contributed by atoms with Crippen molar-refractivity contribution in [3.05, 3.63) is 64.5 Å². The molecule has 0 aliphatic heterocycles. The van der Waals surface area contributed by atoms with Crippen LogP contribution in [0.15, 0.2) is 30.3 Å². The largest absolute Gasteiger partial charge is 0.494 e. The third kappa shape index (κ3) is 5.83. The van der Waals surface area contributed by atoms with Crippen molar-refractivity contribution in [2.45, 2.75) is 76.2 Å². The predicted molar refractivity (Wildman–Crippen MR) is 126 cm³/mol. The topological polar surface area (TPSA) is 55.8 Å². The average molecular weight is 491 g/mol. The van der Waals surface area contributed by atoms with Crippen molar-refractivity contribution in [3.8, 4) is 5.75 Å². The first-order valence-corrected chi connectivity index (χ1v) is 12.6. The Hall–Kier alpha value is -2.54. The quantitative estimate of drug-likeness (QED) is 0.442. The number of hydrogen-bond acceptors (Lipinski definition) is 4. The van der Waals surface area contributed by atoms with E-state index in [0.29, 0.717) is 49.2 Å². The average Bonchev–Trinajstić information content (AvgIpc) is 2.86. The van der Waals surface area contributed by atoms with Crippen LogP contribution < -0.4 is 4.74 Å². The van der Waals surface area contributed by atoms with Crippen LogP contribution in [0.5, 0.6) is 5.75 Å². The summed E-state index contributed by atoms with van der Waals surface area (Å²) in [7, 11) is 0. The summed E-state index contributed by atoms with van der Waals surface area (Å²) in [5, 5.41) is 9.31. The molecule has 7 heteroatoms. The molecule has 0 saturated heterocycles. The molecular formula is C28H33F3O4. The van der Waals surface area contributed by atoms with E-state index in [4.69, 9.17) is 9.47 Å². The maximum Gasteiger partial charge on any atom is 0.341 e. The van der Waals surface area contributed by atoms with Crippen LogP contribution in [0, 0.1) is 23.4 Å². The minimum atomic E-state index is -0.774. The Morgan fingerprint density at radius 3 is 1.97 bits per heavy atom. The van der Waals surface area contributed by atoms with Crippen LogP contribution >= 0.6 is 0 Å². The molecule has 4 rings (SSSR count). The number of esters is 1. The van der Waals surface area contributed by atoms with Crippen molar-refractivity contribution >= 4 is 5.97 Å². The molecule has 0 radical (unpaired) electrons. The molecule has 35 heavy (non-hydrogen) atoms. The molecule has 0 heterocycles. The Kier molecular flexibility index (Phi) is 8.37. The van der Waals surface area contributed by atoms with E-state index in [2.05, 4.69) is 0 Å². The van der Waals surface area contributed by atoms with Gasteiger partial charge in [0.2, 0.25) is 0 Å². The third-order valence-corrected chi connectivity index (χ3v) is 7.55. The summed E-state index contributed by atoms with van der Waals surface area (Å²) in [6, 6.07) is 7.47. The zero-order valence-corrected chi connectivity index (χ0v) is 20.1. The molecule has 2 saturated carbocycles. The molecule has 1 N–H and O–H groups in total. The number of aliphatic hydroxyl groups is 1. The van der Waals surface area contributed by atoms with Crippen molar-refractivity contribution < 1.29 is 32.5 Å². The summed E-state index contributed by atoms with van der Waals surface area (Å²) in [4.78, 5) is 12.5. The van der Waals surface area contributed by atoms with E-state index in [1.807, 2.05) is 0 Å². The molecule has 2 aromatic rings. The van der Waals surface area contributed by atoms with Crippen molar-refractivity contribution in [2.75, 3.05) is 13.2 Å². The summed E-state index contributed by atoms with van der Waals surface area (Å²) < 4.78 is 55.1. The Morgan fingerprint density at radius 1 is 0.886 bits per heavy atom. The van der Waals surface area contributed by atoms with Gasteiger partial charge in [-0.3, -0.25) is 0 Å².